The Kier molecular flexibility index (Phi) is 6.25. The maximum Gasteiger partial charge on any atom is 0.252 e. The lowest BCUT2D eigenvalue weighted by Gasteiger charge is -2.20. The van der Waals surface area contributed by atoms with E-state index in [4.69, 9.17) is 28.5 Å². The van der Waals surface area contributed by atoms with Gasteiger partial charge in [-0.1, -0.05) is 29.3 Å². The zero-order valence-electron chi connectivity index (χ0n) is 14.7. The molecule has 30 heavy (non-hydrogen) atoms. The Hall–Kier alpha value is -3.15. The molecule has 0 unspecified atom stereocenters. The number of rotatable bonds is 4. The lowest BCUT2D eigenvalue weighted by atomic mass is 10.0. The number of hydrogen-bond donors (Lipinski definition) is 1. The van der Waals surface area contributed by atoms with Gasteiger partial charge in [0.1, 0.15) is 40.6 Å². The second kappa shape index (κ2) is 8.69. The number of nitrogens with one attached hydrogen (secondary N) is 1. The van der Waals surface area contributed by atoms with Crippen LogP contribution in [-0.4, -0.2) is 10.9 Å². The highest BCUT2D eigenvalue weighted by atomic mass is 35.5. The van der Waals surface area contributed by atoms with E-state index < -0.39 is 46.3 Å². The predicted octanol–water partition coefficient (Wildman–Crippen LogP) is 5.34. The molecule has 152 valence electrons. The monoisotopic (exact) mass is 453 g/mol. The fourth-order valence-corrected chi connectivity index (χ4v) is 2.93. The predicted molar refractivity (Wildman–Crippen MR) is 101 cm³/mol. The minimum atomic E-state index is -1.34. The van der Waals surface area contributed by atoms with Crippen LogP contribution in [0.15, 0.2) is 42.6 Å². The van der Waals surface area contributed by atoms with Crippen LogP contribution in [0.3, 0.4) is 0 Å². The Morgan fingerprint density at radius 1 is 1.00 bits per heavy atom. The number of aromatic nitrogens is 1. The fraction of sp³-hybridized carbons (Fsp3) is 0.0500. The van der Waals surface area contributed by atoms with Gasteiger partial charge in [-0.25, -0.2) is 17.6 Å². The Balaban J connectivity index is 2.06. The van der Waals surface area contributed by atoms with Crippen LogP contribution in [0.1, 0.15) is 33.2 Å². The number of hydrogen-bond acceptors (Lipinski definition) is 3. The number of benzene rings is 2. The largest absolute Gasteiger partial charge is 0.339 e. The molecule has 1 aromatic heterocycles. The maximum absolute atomic E-state index is 14.5. The van der Waals surface area contributed by atoms with Gasteiger partial charge in [-0.2, -0.15) is 5.26 Å². The average molecular weight is 454 g/mol. The number of halogens is 6. The highest BCUT2D eigenvalue weighted by Gasteiger charge is 2.25. The molecule has 3 rings (SSSR count). The zero-order valence-corrected chi connectivity index (χ0v) is 16.2. The van der Waals surface area contributed by atoms with Crippen molar-refractivity contribution >= 4 is 29.1 Å². The molecule has 1 N–H and O–H groups in total. The quantitative estimate of drug-likeness (QED) is 0.542. The lowest BCUT2D eigenvalue weighted by molar-refractivity contribution is 0.0940. The van der Waals surface area contributed by atoms with Crippen molar-refractivity contribution in [3.8, 4) is 6.07 Å². The van der Waals surface area contributed by atoms with Gasteiger partial charge in [0.15, 0.2) is 0 Å². The van der Waals surface area contributed by atoms with Gasteiger partial charge in [0.05, 0.1) is 16.1 Å². The Morgan fingerprint density at radius 2 is 1.67 bits per heavy atom. The summed E-state index contributed by atoms with van der Waals surface area (Å²) in [6, 6.07) is 5.73. The molecule has 1 amide bonds. The van der Waals surface area contributed by atoms with Crippen molar-refractivity contribution in [2.75, 3.05) is 0 Å². The van der Waals surface area contributed by atoms with Crippen LogP contribution in [0, 0.1) is 34.6 Å². The third-order valence-electron chi connectivity index (χ3n) is 4.08. The molecule has 0 radical (unpaired) electrons. The molecule has 2 aromatic carbocycles. The van der Waals surface area contributed by atoms with Gasteiger partial charge in [-0.15, -0.1) is 0 Å². The van der Waals surface area contributed by atoms with E-state index in [1.807, 2.05) is 0 Å². The van der Waals surface area contributed by atoms with Gasteiger partial charge in [0.25, 0.3) is 5.91 Å². The van der Waals surface area contributed by atoms with Crippen LogP contribution in [0.25, 0.3) is 0 Å². The number of carbonyl (C=O) groups is 1. The zero-order chi connectivity index (χ0) is 22.0. The minimum absolute atomic E-state index is 0.0140. The van der Waals surface area contributed by atoms with E-state index in [1.165, 1.54) is 18.2 Å². The minimum Gasteiger partial charge on any atom is -0.339 e. The molecule has 3 aromatic rings. The lowest BCUT2D eigenvalue weighted by Crippen LogP contribution is -2.31. The first-order valence-electron chi connectivity index (χ1n) is 8.17. The third kappa shape index (κ3) is 4.37. The van der Waals surface area contributed by atoms with E-state index in [9.17, 15) is 22.4 Å². The van der Waals surface area contributed by atoms with Gasteiger partial charge >= 0.3 is 0 Å². The van der Waals surface area contributed by atoms with E-state index in [2.05, 4.69) is 10.3 Å². The standard InChI is InChI=1S/C20H9Cl2F4N3O/c21-11-6-17(26)19(28-8-11)18(9-1-2-13(22)16(25)3-9)29-20(30)10-4-14(23)12(7-27)15(24)5-10/h1-6,8,18H,(H,29,30)/t18-/m0/s1. The van der Waals surface area contributed by atoms with E-state index >= 15 is 0 Å². The number of pyridine rings is 1. The van der Waals surface area contributed by atoms with Crippen molar-refractivity contribution in [3.63, 3.8) is 0 Å². The summed E-state index contributed by atoms with van der Waals surface area (Å²) in [5, 5.41) is 10.9. The van der Waals surface area contributed by atoms with Gasteiger partial charge < -0.3 is 5.32 Å². The third-order valence-corrected chi connectivity index (χ3v) is 4.59. The average Bonchev–Trinajstić information content (AvgIpc) is 2.68. The summed E-state index contributed by atoms with van der Waals surface area (Å²) in [5.74, 6) is -5.24. The summed E-state index contributed by atoms with van der Waals surface area (Å²) in [7, 11) is 0. The first-order chi connectivity index (χ1) is 14.2. The summed E-state index contributed by atoms with van der Waals surface area (Å²) >= 11 is 11.4. The molecule has 1 atom stereocenters. The SMILES string of the molecule is N#Cc1c(F)cc(C(=O)N[C@@H](c2ccc(Cl)c(F)c2)c2ncc(Cl)cc2F)cc1F. The summed E-state index contributed by atoms with van der Waals surface area (Å²) in [5.41, 5.74) is -1.58. The highest BCUT2D eigenvalue weighted by Crippen LogP contribution is 2.28. The molecular weight excluding hydrogens is 445 g/mol. The first kappa shape index (κ1) is 21.6. The molecule has 4 nitrogen and oxygen atoms in total. The number of amides is 1. The fourth-order valence-electron chi connectivity index (χ4n) is 2.66. The Bertz CT molecular complexity index is 1170. The van der Waals surface area contributed by atoms with E-state index in [1.54, 1.807) is 0 Å². The molecule has 0 bridgehead atoms. The van der Waals surface area contributed by atoms with Gasteiger partial charge in [-0.05, 0) is 35.9 Å². The second-order valence-electron chi connectivity index (χ2n) is 6.03. The van der Waals surface area contributed by atoms with Crippen LogP contribution >= 0.6 is 23.2 Å². The number of carbonyl (C=O) groups excluding carboxylic acids is 1. The molecule has 10 heteroatoms. The Morgan fingerprint density at radius 3 is 2.23 bits per heavy atom. The van der Waals surface area contributed by atoms with Crippen molar-refractivity contribution in [2.45, 2.75) is 6.04 Å². The number of nitrogens with zero attached hydrogens (tertiary/aromatic N) is 2. The molecular formula is C20H9Cl2F4N3O. The second-order valence-corrected chi connectivity index (χ2v) is 6.87. The molecule has 0 saturated carbocycles. The molecule has 0 aliphatic carbocycles. The highest BCUT2D eigenvalue weighted by molar-refractivity contribution is 6.30. The molecule has 1 heterocycles. The summed E-state index contributed by atoms with van der Waals surface area (Å²) in [6.45, 7) is 0. The molecule has 0 spiro atoms. The van der Waals surface area contributed by atoms with E-state index in [0.29, 0.717) is 12.1 Å². The smallest absolute Gasteiger partial charge is 0.252 e. The van der Waals surface area contributed by atoms with Gasteiger partial charge in [0.2, 0.25) is 0 Å². The van der Waals surface area contributed by atoms with Gasteiger partial charge in [0, 0.05) is 11.8 Å². The van der Waals surface area contributed by atoms with Crippen molar-refractivity contribution in [3.05, 3.63) is 98.3 Å². The van der Waals surface area contributed by atoms with Crippen molar-refractivity contribution in [2.24, 2.45) is 0 Å². The van der Waals surface area contributed by atoms with E-state index in [0.717, 1.165) is 18.3 Å². The van der Waals surface area contributed by atoms with Gasteiger partial charge in [-0.3, -0.25) is 9.78 Å². The number of nitriles is 1. The maximum atomic E-state index is 14.5. The Labute approximate surface area is 177 Å². The van der Waals surface area contributed by atoms with Crippen LogP contribution in [-0.2, 0) is 0 Å². The van der Waals surface area contributed by atoms with Crippen LogP contribution in [0.4, 0.5) is 17.6 Å². The molecule has 0 saturated heterocycles. The summed E-state index contributed by atoms with van der Waals surface area (Å²) in [6.07, 6.45) is 1.12. The van der Waals surface area contributed by atoms with Crippen molar-refractivity contribution < 1.29 is 22.4 Å². The molecule has 0 aliphatic rings. The van der Waals surface area contributed by atoms with Crippen LogP contribution in [0.5, 0.6) is 0 Å². The van der Waals surface area contributed by atoms with Crippen LogP contribution in [0.2, 0.25) is 10.0 Å². The summed E-state index contributed by atoms with van der Waals surface area (Å²) in [4.78, 5) is 16.5. The molecule has 0 aliphatic heterocycles. The normalized spacial score (nSPS) is 11.6. The van der Waals surface area contributed by atoms with E-state index in [-0.39, 0.29) is 21.3 Å². The van der Waals surface area contributed by atoms with Crippen molar-refractivity contribution in [1.82, 2.24) is 10.3 Å². The summed E-state index contributed by atoms with van der Waals surface area (Å²) < 4.78 is 56.2. The first-order valence-corrected chi connectivity index (χ1v) is 8.92. The topological polar surface area (TPSA) is 65.8 Å². The van der Waals surface area contributed by atoms with Crippen LogP contribution < -0.4 is 5.32 Å². The van der Waals surface area contributed by atoms with Crippen molar-refractivity contribution in [1.29, 1.82) is 5.26 Å². The molecule has 0 fully saturated rings.